The van der Waals surface area contributed by atoms with Crippen LogP contribution in [0.4, 0.5) is 0 Å². The first-order chi connectivity index (χ1) is 13.4. The zero-order valence-electron chi connectivity index (χ0n) is 14.8. The summed E-state index contributed by atoms with van der Waals surface area (Å²) >= 11 is 12.4. The lowest BCUT2D eigenvalue weighted by Gasteiger charge is -2.13. The van der Waals surface area contributed by atoms with Crippen molar-refractivity contribution in [2.75, 3.05) is 6.54 Å². The minimum absolute atomic E-state index is 0.00904. The molecule has 0 saturated carbocycles. The molecule has 5 nitrogen and oxygen atoms in total. The zero-order valence-corrected chi connectivity index (χ0v) is 17.2. The number of carboxylic acid groups (broad SMARTS) is 1. The van der Waals surface area contributed by atoms with E-state index in [-0.39, 0.29) is 12.3 Å². The number of hydrogen-bond donors (Lipinski definition) is 1. The number of carbonyl (C=O) groups excluding carboxylic acids is 1. The normalized spacial score (nSPS) is 15.5. The second-order valence-corrected chi connectivity index (χ2v) is 8.33. The molecule has 1 aromatic heterocycles. The van der Waals surface area contributed by atoms with Gasteiger partial charge in [0.15, 0.2) is 0 Å². The Labute approximate surface area is 177 Å². The molecular weight excluding hydrogens is 416 g/mol. The van der Waals surface area contributed by atoms with Crippen LogP contribution in [-0.4, -0.2) is 37.7 Å². The molecule has 0 radical (unpaired) electrons. The van der Waals surface area contributed by atoms with Gasteiger partial charge in [0, 0.05) is 36.3 Å². The first-order valence-corrected chi connectivity index (χ1v) is 10.2. The monoisotopic (exact) mass is 432 g/mol. The standard InChI is InChI=1S/C20H17ClN2O3S2/c21-15-6-3-13(4-7-15)10-16-8-5-14(12-22-16)11-17-19(26)23(20(27)28-17)9-1-2-18(24)25/h3-8,11-12H,1-2,9-10H2,(H,24,25)/b17-11-. The average Bonchev–Trinajstić information content (AvgIpc) is 2.92. The number of thiocarbonyl (C=S) groups is 1. The molecule has 0 atom stereocenters. The largest absolute Gasteiger partial charge is 0.481 e. The number of carbonyl (C=O) groups is 2. The number of hydrogen-bond acceptors (Lipinski definition) is 5. The molecule has 0 aliphatic carbocycles. The minimum Gasteiger partial charge on any atom is -0.481 e. The van der Waals surface area contributed by atoms with Gasteiger partial charge in [-0.2, -0.15) is 0 Å². The molecule has 3 rings (SSSR count). The second kappa shape index (κ2) is 9.32. The number of aliphatic carboxylic acids is 1. The number of thioether (sulfide) groups is 1. The summed E-state index contributed by atoms with van der Waals surface area (Å²) in [5.74, 6) is -1.07. The van der Waals surface area contributed by atoms with Crippen molar-refractivity contribution in [1.82, 2.24) is 9.88 Å². The van der Waals surface area contributed by atoms with E-state index in [4.69, 9.17) is 28.9 Å². The van der Waals surface area contributed by atoms with E-state index in [1.165, 1.54) is 16.7 Å². The summed E-state index contributed by atoms with van der Waals surface area (Å²) in [4.78, 5) is 29.6. The number of pyridine rings is 1. The lowest BCUT2D eigenvalue weighted by atomic mass is 10.1. The molecule has 144 valence electrons. The molecule has 1 fully saturated rings. The highest BCUT2D eigenvalue weighted by molar-refractivity contribution is 8.26. The molecule has 2 aromatic rings. The van der Waals surface area contributed by atoms with Gasteiger partial charge in [-0.1, -0.05) is 53.8 Å². The Morgan fingerprint density at radius 1 is 1.25 bits per heavy atom. The number of amides is 1. The van der Waals surface area contributed by atoms with Crippen molar-refractivity contribution in [3.8, 4) is 0 Å². The van der Waals surface area contributed by atoms with Crippen molar-refractivity contribution in [3.05, 3.63) is 69.3 Å². The van der Waals surface area contributed by atoms with E-state index >= 15 is 0 Å². The van der Waals surface area contributed by atoms with Crippen molar-refractivity contribution in [2.24, 2.45) is 0 Å². The minimum atomic E-state index is -0.884. The first-order valence-electron chi connectivity index (χ1n) is 8.59. The molecule has 8 heteroatoms. The van der Waals surface area contributed by atoms with Gasteiger partial charge in [-0.3, -0.25) is 19.5 Å². The average molecular weight is 433 g/mol. The summed E-state index contributed by atoms with van der Waals surface area (Å²) in [6.45, 7) is 0.312. The van der Waals surface area contributed by atoms with E-state index in [9.17, 15) is 9.59 Å². The quantitative estimate of drug-likeness (QED) is 0.516. The fourth-order valence-electron chi connectivity index (χ4n) is 2.67. The first kappa shape index (κ1) is 20.5. The van der Waals surface area contributed by atoms with Gasteiger partial charge in [0.25, 0.3) is 5.91 Å². The Hall–Kier alpha value is -2.22. The molecule has 2 heterocycles. The number of halogens is 1. The van der Waals surface area contributed by atoms with Gasteiger partial charge >= 0.3 is 5.97 Å². The molecule has 1 aromatic carbocycles. The summed E-state index contributed by atoms with van der Waals surface area (Å²) in [7, 11) is 0. The number of nitrogens with zero attached hydrogens (tertiary/aromatic N) is 2. The molecule has 0 unspecified atom stereocenters. The van der Waals surface area contributed by atoms with E-state index in [1.54, 1.807) is 12.3 Å². The van der Waals surface area contributed by atoms with Crippen molar-refractivity contribution in [3.63, 3.8) is 0 Å². The highest BCUT2D eigenvalue weighted by atomic mass is 35.5. The van der Waals surface area contributed by atoms with Gasteiger partial charge in [0.2, 0.25) is 0 Å². The lowest BCUT2D eigenvalue weighted by molar-refractivity contribution is -0.137. The second-order valence-electron chi connectivity index (χ2n) is 6.22. The lowest BCUT2D eigenvalue weighted by Crippen LogP contribution is -2.29. The SMILES string of the molecule is O=C(O)CCCN1C(=O)/C(=C/c2ccc(Cc3ccc(Cl)cc3)nc2)SC1=S. The van der Waals surface area contributed by atoms with Crippen molar-refractivity contribution in [1.29, 1.82) is 0 Å². The maximum Gasteiger partial charge on any atom is 0.303 e. The number of benzene rings is 1. The third-order valence-corrected chi connectivity index (χ3v) is 5.72. The maximum absolute atomic E-state index is 12.5. The van der Waals surface area contributed by atoms with Gasteiger partial charge in [-0.25, -0.2) is 0 Å². The van der Waals surface area contributed by atoms with Crippen molar-refractivity contribution >= 4 is 57.9 Å². The summed E-state index contributed by atoms with van der Waals surface area (Å²) in [5.41, 5.74) is 2.85. The molecule has 1 aliphatic rings. The van der Waals surface area contributed by atoms with Crippen LogP contribution in [0.1, 0.15) is 29.7 Å². The molecular formula is C20H17ClN2O3S2. The van der Waals surface area contributed by atoms with Crippen molar-refractivity contribution < 1.29 is 14.7 Å². The Morgan fingerprint density at radius 3 is 2.64 bits per heavy atom. The van der Waals surface area contributed by atoms with Crippen LogP contribution in [0.15, 0.2) is 47.5 Å². The molecule has 1 aliphatic heterocycles. The Balaban J connectivity index is 1.64. The van der Waals surface area contributed by atoms with Crippen LogP contribution in [0.5, 0.6) is 0 Å². The van der Waals surface area contributed by atoms with Crippen LogP contribution in [0, 0.1) is 0 Å². The van der Waals surface area contributed by atoms with Gasteiger partial charge < -0.3 is 5.11 Å². The van der Waals surface area contributed by atoms with Gasteiger partial charge in [-0.15, -0.1) is 0 Å². The third-order valence-electron chi connectivity index (χ3n) is 4.09. The topological polar surface area (TPSA) is 70.5 Å². The van der Waals surface area contributed by atoms with Crippen LogP contribution >= 0.6 is 35.6 Å². The molecule has 28 heavy (non-hydrogen) atoms. The van der Waals surface area contributed by atoms with Crippen LogP contribution in [0.25, 0.3) is 6.08 Å². The Kier molecular flexibility index (Phi) is 6.83. The smallest absolute Gasteiger partial charge is 0.303 e. The number of rotatable bonds is 7. The predicted molar refractivity (Wildman–Crippen MR) is 115 cm³/mol. The number of carboxylic acids is 1. The maximum atomic E-state index is 12.5. The molecule has 0 bridgehead atoms. The fraction of sp³-hybridized carbons (Fsp3) is 0.200. The van der Waals surface area contributed by atoms with Crippen LogP contribution in [0.3, 0.4) is 0 Å². The van der Waals surface area contributed by atoms with Gasteiger partial charge in [0.1, 0.15) is 4.32 Å². The van der Waals surface area contributed by atoms with Crippen LogP contribution < -0.4 is 0 Å². The summed E-state index contributed by atoms with van der Waals surface area (Å²) in [6, 6.07) is 11.5. The zero-order chi connectivity index (χ0) is 20.1. The van der Waals surface area contributed by atoms with E-state index < -0.39 is 5.97 Å². The summed E-state index contributed by atoms with van der Waals surface area (Å²) < 4.78 is 0.453. The third kappa shape index (κ3) is 5.41. The van der Waals surface area contributed by atoms with E-state index in [0.29, 0.717) is 33.6 Å². The van der Waals surface area contributed by atoms with Crippen LogP contribution in [-0.2, 0) is 16.0 Å². The van der Waals surface area contributed by atoms with Crippen LogP contribution in [0.2, 0.25) is 5.02 Å². The molecule has 0 spiro atoms. The highest BCUT2D eigenvalue weighted by Gasteiger charge is 2.31. The van der Waals surface area contributed by atoms with E-state index in [1.807, 2.05) is 36.4 Å². The van der Waals surface area contributed by atoms with E-state index in [0.717, 1.165) is 16.8 Å². The fourth-order valence-corrected chi connectivity index (χ4v) is 4.10. The number of aromatic nitrogens is 1. The predicted octanol–water partition coefficient (Wildman–Crippen LogP) is 4.39. The Bertz CT molecular complexity index is 927. The molecule has 1 amide bonds. The van der Waals surface area contributed by atoms with Gasteiger partial charge in [0.05, 0.1) is 4.91 Å². The summed E-state index contributed by atoms with van der Waals surface area (Å²) in [5, 5.41) is 9.43. The van der Waals surface area contributed by atoms with Gasteiger partial charge in [-0.05, 0) is 41.8 Å². The Morgan fingerprint density at radius 2 is 2.00 bits per heavy atom. The summed E-state index contributed by atoms with van der Waals surface area (Å²) in [6.07, 6.45) is 4.56. The molecule has 1 saturated heterocycles. The molecule has 1 N–H and O–H groups in total. The highest BCUT2D eigenvalue weighted by Crippen LogP contribution is 2.32. The van der Waals surface area contributed by atoms with Crippen molar-refractivity contribution in [2.45, 2.75) is 19.3 Å². The van der Waals surface area contributed by atoms with E-state index in [2.05, 4.69) is 4.98 Å².